The van der Waals surface area contributed by atoms with Crippen molar-refractivity contribution in [2.45, 2.75) is 20.0 Å². The van der Waals surface area contributed by atoms with Crippen molar-refractivity contribution in [3.63, 3.8) is 0 Å². The number of halogens is 2. The van der Waals surface area contributed by atoms with Crippen LogP contribution >= 0.6 is 35.0 Å². The SMILES string of the molecule is Cc1nn2c(c1I)CNCC2.Cl. The number of hydrogen-bond acceptors (Lipinski definition) is 2. The zero-order valence-corrected chi connectivity index (χ0v) is 9.78. The largest absolute Gasteiger partial charge is 0.309 e. The van der Waals surface area contributed by atoms with Crippen molar-refractivity contribution in [1.29, 1.82) is 0 Å². The molecule has 0 atom stereocenters. The first-order valence-corrected chi connectivity index (χ1v) is 4.79. The smallest absolute Gasteiger partial charge is 0.0730 e. The number of nitrogens with zero attached hydrogens (tertiary/aromatic N) is 2. The van der Waals surface area contributed by atoms with Gasteiger partial charge in [0.2, 0.25) is 0 Å². The van der Waals surface area contributed by atoms with Gasteiger partial charge in [-0.1, -0.05) is 0 Å². The fourth-order valence-corrected chi connectivity index (χ4v) is 1.93. The highest BCUT2D eigenvalue weighted by Crippen LogP contribution is 2.17. The molecule has 2 heterocycles. The van der Waals surface area contributed by atoms with Gasteiger partial charge < -0.3 is 5.32 Å². The van der Waals surface area contributed by atoms with Crippen LogP contribution in [0.15, 0.2) is 0 Å². The maximum absolute atomic E-state index is 4.42. The van der Waals surface area contributed by atoms with Crippen LogP contribution < -0.4 is 5.32 Å². The highest BCUT2D eigenvalue weighted by Gasteiger charge is 2.14. The maximum atomic E-state index is 4.42. The molecule has 0 saturated heterocycles. The molecule has 0 saturated carbocycles. The van der Waals surface area contributed by atoms with E-state index in [4.69, 9.17) is 0 Å². The molecule has 0 bridgehead atoms. The molecule has 0 fully saturated rings. The summed E-state index contributed by atoms with van der Waals surface area (Å²) in [5.41, 5.74) is 2.50. The third-order valence-corrected chi connectivity index (χ3v) is 3.35. The Balaban J connectivity index is 0.000000720. The number of rotatable bonds is 0. The van der Waals surface area contributed by atoms with Crippen molar-refractivity contribution in [3.8, 4) is 0 Å². The molecule has 1 N–H and O–H groups in total. The van der Waals surface area contributed by atoms with Gasteiger partial charge >= 0.3 is 0 Å². The van der Waals surface area contributed by atoms with Gasteiger partial charge in [0.25, 0.3) is 0 Å². The summed E-state index contributed by atoms with van der Waals surface area (Å²) >= 11 is 2.36. The van der Waals surface area contributed by atoms with E-state index in [0.717, 1.165) is 25.3 Å². The highest BCUT2D eigenvalue weighted by molar-refractivity contribution is 14.1. The lowest BCUT2D eigenvalue weighted by molar-refractivity contribution is 0.473. The van der Waals surface area contributed by atoms with Crippen LogP contribution in [0.2, 0.25) is 0 Å². The van der Waals surface area contributed by atoms with Gasteiger partial charge in [-0.25, -0.2) is 0 Å². The quantitative estimate of drug-likeness (QED) is 0.732. The molecule has 5 heteroatoms. The summed E-state index contributed by atoms with van der Waals surface area (Å²) in [4.78, 5) is 0. The molecule has 68 valence electrons. The molecule has 12 heavy (non-hydrogen) atoms. The van der Waals surface area contributed by atoms with Crippen LogP contribution in [0.25, 0.3) is 0 Å². The average molecular weight is 300 g/mol. The van der Waals surface area contributed by atoms with E-state index in [2.05, 4.69) is 44.6 Å². The Morgan fingerprint density at radius 1 is 1.58 bits per heavy atom. The molecule has 2 rings (SSSR count). The van der Waals surface area contributed by atoms with Gasteiger partial charge in [-0.05, 0) is 29.5 Å². The maximum Gasteiger partial charge on any atom is 0.0730 e. The average Bonchev–Trinajstić information content (AvgIpc) is 2.30. The molecular weight excluding hydrogens is 288 g/mol. The summed E-state index contributed by atoms with van der Waals surface area (Å²) in [5, 5.41) is 7.75. The molecule has 3 nitrogen and oxygen atoms in total. The Morgan fingerprint density at radius 2 is 2.33 bits per heavy atom. The van der Waals surface area contributed by atoms with Crippen LogP contribution in [-0.2, 0) is 13.1 Å². The van der Waals surface area contributed by atoms with Crippen LogP contribution in [0.3, 0.4) is 0 Å². The second-order valence-corrected chi connectivity index (χ2v) is 3.82. The molecular formula is C7H11ClIN3. The third kappa shape index (κ3) is 1.60. The first-order chi connectivity index (χ1) is 5.29. The second-order valence-electron chi connectivity index (χ2n) is 2.75. The summed E-state index contributed by atoms with van der Waals surface area (Å²) in [6.45, 7) is 5.09. The van der Waals surface area contributed by atoms with Gasteiger partial charge in [0.15, 0.2) is 0 Å². The Labute approximate surface area is 91.5 Å². The number of fused-ring (bicyclic) bond motifs is 1. The Hall–Kier alpha value is 0.190. The number of aromatic nitrogens is 2. The van der Waals surface area contributed by atoms with Crippen LogP contribution in [-0.4, -0.2) is 16.3 Å². The normalized spacial score (nSPS) is 15.2. The fraction of sp³-hybridized carbons (Fsp3) is 0.571. The van der Waals surface area contributed by atoms with Crippen molar-refractivity contribution in [2.75, 3.05) is 6.54 Å². The van der Waals surface area contributed by atoms with Crippen molar-refractivity contribution in [3.05, 3.63) is 15.0 Å². The molecule has 1 aliphatic rings. The van der Waals surface area contributed by atoms with Crippen molar-refractivity contribution in [2.24, 2.45) is 0 Å². The zero-order chi connectivity index (χ0) is 7.84. The van der Waals surface area contributed by atoms with Crippen molar-refractivity contribution in [1.82, 2.24) is 15.1 Å². The van der Waals surface area contributed by atoms with Crippen molar-refractivity contribution < 1.29 is 0 Å². The second kappa shape index (κ2) is 3.93. The summed E-state index contributed by atoms with van der Waals surface area (Å²) in [6, 6.07) is 0. The molecule has 0 radical (unpaired) electrons. The van der Waals surface area contributed by atoms with E-state index < -0.39 is 0 Å². The summed E-state index contributed by atoms with van der Waals surface area (Å²) in [7, 11) is 0. The van der Waals surface area contributed by atoms with E-state index in [9.17, 15) is 0 Å². The first kappa shape index (κ1) is 10.3. The molecule has 0 spiro atoms. The molecule has 0 aromatic carbocycles. The van der Waals surface area contributed by atoms with Crippen LogP contribution in [0.5, 0.6) is 0 Å². The molecule has 0 unspecified atom stereocenters. The summed E-state index contributed by atoms with van der Waals surface area (Å²) < 4.78 is 3.42. The highest BCUT2D eigenvalue weighted by atomic mass is 127. The lowest BCUT2D eigenvalue weighted by Gasteiger charge is -2.14. The van der Waals surface area contributed by atoms with E-state index in [-0.39, 0.29) is 12.4 Å². The van der Waals surface area contributed by atoms with E-state index in [1.165, 1.54) is 9.26 Å². The predicted octanol–water partition coefficient (Wildman–Crippen LogP) is 1.32. The topological polar surface area (TPSA) is 29.9 Å². The minimum Gasteiger partial charge on any atom is -0.309 e. The number of nitrogens with one attached hydrogen (secondary N) is 1. The van der Waals surface area contributed by atoms with E-state index in [1.807, 2.05) is 0 Å². The van der Waals surface area contributed by atoms with Crippen LogP contribution in [0.4, 0.5) is 0 Å². The first-order valence-electron chi connectivity index (χ1n) is 3.71. The van der Waals surface area contributed by atoms with E-state index in [0.29, 0.717) is 0 Å². The summed E-state index contributed by atoms with van der Waals surface area (Å²) in [6.07, 6.45) is 0. The molecule has 0 aliphatic carbocycles. The minimum absolute atomic E-state index is 0. The van der Waals surface area contributed by atoms with E-state index >= 15 is 0 Å². The van der Waals surface area contributed by atoms with Crippen molar-refractivity contribution >= 4 is 35.0 Å². The van der Waals surface area contributed by atoms with Gasteiger partial charge in [0.05, 0.1) is 21.5 Å². The Morgan fingerprint density at radius 3 is 3.00 bits per heavy atom. The lowest BCUT2D eigenvalue weighted by atomic mass is 10.3. The van der Waals surface area contributed by atoms with Gasteiger partial charge in [0, 0.05) is 13.1 Å². The molecule has 1 aliphatic heterocycles. The fourth-order valence-electron chi connectivity index (χ4n) is 1.35. The van der Waals surface area contributed by atoms with Crippen LogP contribution in [0, 0.1) is 10.5 Å². The van der Waals surface area contributed by atoms with Gasteiger partial charge in [-0.2, -0.15) is 5.10 Å². The molecule has 1 aromatic heterocycles. The van der Waals surface area contributed by atoms with Crippen LogP contribution in [0.1, 0.15) is 11.4 Å². The number of hydrogen-bond donors (Lipinski definition) is 1. The Kier molecular flexibility index (Phi) is 3.37. The number of aryl methyl sites for hydroxylation is 1. The Bertz CT molecular complexity index is 284. The summed E-state index contributed by atoms with van der Waals surface area (Å²) in [5.74, 6) is 0. The lowest BCUT2D eigenvalue weighted by Crippen LogP contribution is -2.28. The predicted molar refractivity (Wildman–Crippen MR) is 58.6 cm³/mol. The van der Waals surface area contributed by atoms with Gasteiger partial charge in [-0.15, -0.1) is 12.4 Å². The standard InChI is InChI=1S/C7H10IN3.ClH/c1-5-7(8)6-4-9-2-3-11(6)10-5;/h9H,2-4H2,1H3;1H. The zero-order valence-electron chi connectivity index (χ0n) is 6.80. The third-order valence-electron chi connectivity index (χ3n) is 1.95. The molecule has 0 amide bonds. The minimum atomic E-state index is 0. The molecule has 1 aromatic rings. The van der Waals surface area contributed by atoms with Gasteiger partial charge in [-0.3, -0.25) is 4.68 Å². The van der Waals surface area contributed by atoms with Gasteiger partial charge in [0.1, 0.15) is 0 Å². The van der Waals surface area contributed by atoms with E-state index in [1.54, 1.807) is 0 Å². The monoisotopic (exact) mass is 299 g/mol.